The van der Waals surface area contributed by atoms with Gasteiger partial charge in [0.2, 0.25) is 5.91 Å². The van der Waals surface area contributed by atoms with Gasteiger partial charge in [0.1, 0.15) is 6.04 Å². The molecule has 25 heavy (non-hydrogen) atoms. The van der Waals surface area contributed by atoms with E-state index in [1.165, 1.54) is 5.56 Å². The minimum Gasteiger partial charge on any atom is -0.493 e. The number of carbonyl (C=O) groups is 1. The van der Waals surface area contributed by atoms with Gasteiger partial charge in [0.25, 0.3) is 0 Å². The zero-order valence-electron chi connectivity index (χ0n) is 14.9. The Morgan fingerprint density at radius 3 is 2.24 bits per heavy atom. The second kappa shape index (κ2) is 7.15. The molecule has 2 atom stereocenters. The summed E-state index contributed by atoms with van der Waals surface area (Å²) >= 11 is 0. The molecule has 0 unspecified atom stereocenters. The van der Waals surface area contributed by atoms with Crippen molar-refractivity contribution in [2.45, 2.75) is 32.0 Å². The molecule has 1 aliphatic rings. The summed E-state index contributed by atoms with van der Waals surface area (Å²) in [4.78, 5) is 14.1. The van der Waals surface area contributed by atoms with Crippen LogP contribution < -0.4 is 15.2 Å². The Balaban J connectivity index is 1.81. The first-order valence-electron chi connectivity index (χ1n) is 8.44. The van der Waals surface area contributed by atoms with E-state index in [1.807, 2.05) is 23.1 Å². The Hall–Kier alpha value is -2.53. The van der Waals surface area contributed by atoms with Crippen LogP contribution in [0.4, 0.5) is 0 Å². The standard InChI is InChI=1S/C20H24N2O3/c1-4-13-5-8-15(9-6-13)19-18(21)20(23)22(19)12-14-7-10-16(24-2)17(11-14)25-3/h5-11,18-19H,4,12,21H2,1-3H3/t18-,19+/m0/s1. The third kappa shape index (κ3) is 3.20. The number of rotatable bonds is 6. The molecule has 1 heterocycles. The van der Waals surface area contributed by atoms with E-state index in [4.69, 9.17) is 15.2 Å². The van der Waals surface area contributed by atoms with Gasteiger partial charge in [0.15, 0.2) is 11.5 Å². The van der Waals surface area contributed by atoms with Gasteiger partial charge in [0.05, 0.1) is 20.3 Å². The van der Waals surface area contributed by atoms with E-state index in [0.29, 0.717) is 18.0 Å². The number of aryl methyl sites for hydroxylation is 1. The Bertz CT molecular complexity index is 758. The normalized spacial score (nSPS) is 19.5. The highest BCUT2D eigenvalue weighted by Gasteiger charge is 2.45. The average Bonchev–Trinajstić information content (AvgIpc) is 2.67. The van der Waals surface area contributed by atoms with Crippen LogP contribution in [0, 0.1) is 0 Å². The van der Waals surface area contributed by atoms with Crippen molar-refractivity contribution >= 4 is 5.91 Å². The largest absolute Gasteiger partial charge is 0.493 e. The summed E-state index contributed by atoms with van der Waals surface area (Å²) in [5.41, 5.74) is 9.40. The zero-order valence-corrected chi connectivity index (χ0v) is 14.9. The zero-order chi connectivity index (χ0) is 18.0. The summed E-state index contributed by atoms with van der Waals surface area (Å²) < 4.78 is 10.6. The first kappa shape index (κ1) is 17.3. The van der Waals surface area contributed by atoms with Crippen molar-refractivity contribution in [2.75, 3.05) is 14.2 Å². The Morgan fingerprint density at radius 2 is 1.64 bits per heavy atom. The van der Waals surface area contributed by atoms with Crippen molar-refractivity contribution in [3.8, 4) is 11.5 Å². The number of ether oxygens (including phenoxy) is 2. The lowest BCUT2D eigenvalue weighted by molar-refractivity contribution is -0.150. The molecule has 1 fully saturated rings. The number of nitrogens with two attached hydrogens (primary N) is 1. The summed E-state index contributed by atoms with van der Waals surface area (Å²) in [6.45, 7) is 2.62. The molecule has 0 spiro atoms. The maximum atomic E-state index is 12.3. The molecule has 2 aromatic carbocycles. The minimum atomic E-state index is -0.479. The van der Waals surface area contributed by atoms with E-state index in [2.05, 4.69) is 31.2 Å². The van der Waals surface area contributed by atoms with Crippen LogP contribution in [0.3, 0.4) is 0 Å². The maximum Gasteiger partial charge on any atom is 0.242 e. The third-order valence-electron chi connectivity index (χ3n) is 4.77. The van der Waals surface area contributed by atoms with Crippen molar-refractivity contribution in [3.63, 3.8) is 0 Å². The molecule has 3 rings (SSSR count). The highest BCUT2D eigenvalue weighted by Crippen LogP contribution is 2.36. The molecule has 132 valence electrons. The monoisotopic (exact) mass is 340 g/mol. The Kier molecular flexibility index (Phi) is 4.95. The van der Waals surface area contributed by atoms with Gasteiger partial charge >= 0.3 is 0 Å². The predicted octanol–water partition coefficient (Wildman–Crippen LogP) is 2.68. The number of amides is 1. The molecule has 0 radical (unpaired) electrons. The van der Waals surface area contributed by atoms with E-state index in [-0.39, 0.29) is 11.9 Å². The van der Waals surface area contributed by atoms with E-state index in [1.54, 1.807) is 14.2 Å². The van der Waals surface area contributed by atoms with Gasteiger partial charge in [0, 0.05) is 6.54 Å². The Labute approximate surface area is 148 Å². The summed E-state index contributed by atoms with van der Waals surface area (Å²) in [6, 6.07) is 13.4. The van der Waals surface area contributed by atoms with Gasteiger partial charge in [-0.05, 0) is 35.2 Å². The van der Waals surface area contributed by atoms with Crippen LogP contribution in [0.5, 0.6) is 11.5 Å². The summed E-state index contributed by atoms with van der Waals surface area (Å²) in [5, 5.41) is 0. The lowest BCUT2D eigenvalue weighted by Gasteiger charge is -2.46. The van der Waals surface area contributed by atoms with Gasteiger partial charge in [-0.3, -0.25) is 4.79 Å². The quantitative estimate of drug-likeness (QED) is 0.821. The van der Waals surface area contributed by atoms with Crippen LogP contribution in [0.2, 0.25) is 0 Å². The second-order valence-corrected chi connectivity index (χ2v) is 6.22. The van der Waals surface area contributed by atoms with E-state index >= 15 is 0 Å². The lowest BCUT2D eigenvalue weighted by Crippen LogP contribution is -2.62. The van der Waals surface area contributed by atoms with Gasteiger partial charge in [-0.25, -0.2) is 0 Å². The van der Waals surface area contributed by atoms with Gasteiger partial charge in [-0.1, -0.05) is 37.3 Å². The molecule has 2 aromatic rings. The van der Waals surface area contributed by atoms with E-state index in [9.17, 15) is 4.79 Å². The number of hydrogen-bond donors (Lipinski definition) is 1. The fraction of sp³-hybridized carbons (Fsp3) is 0.350. The highest BCUT2D eigenvalue weighted by molar-refractivity contribution is 5.89. The SMILES string of the molecule is CCc1ccc([C@@H]2[C@H](N)C(=O)N2Cc2ccc(OC)c(OC)c2)cc1. The molecule has 2 N–H and O–H groups in total. The number of β-lactam (4-membered cyclic amide) rings is 1. The Morgan fingerprint density at radius 1 is 1.00 bits per heavy atom. The van der Waals surface area contributed by atoms with Crippen molar-refractivity contribution in [1.29, 1.82) is 0 Å². The predicted molar refractivity (Wildman–Crippen MR) is 96.6 cm³/mol. The van der Waals surface area contributed by atoms with Crippen LogP contribution >= 0.6 is 0 Å². The topological polar surface area (TPSA) is 64.8 Å². The summed E-state index contributed by atoms with van der Waals surface area (Å²) in [7, 11) is 3.20. The first-order chi connectivity index (χ1) is 12.1. The van der Waals surface area contributed by atoms with E-state index in [0.717, 1.165) is 17.5 Å². The van der Waals surface area contributed by atoms with Gasteiger partial charge < -0.3 is 20.1 Å². The molecule has 0 saturated carbocycles. The van der Waals surface area contributed by atoms with Crippen LogP contribution in [-0.2, 0) is 17.8 Å². The van der Waals surface area contributed by atoms with Gasteiger partial charge in [-0.2, -0.15) is 0 Å². The number of carbonyl (C=O) groups excluding carboxylic acids is 1. The summed E-state index contributed by atoms with van der Waals surface area (Å²) in [6.07, 6.45) is 0.991. The molecule has 0 bridgehead atoms. The molecule has 5 nitrogen and oxygen atoms in total. The van der Waals surface area contributed by atoms with Crippen LogP contribution in [0.15, 0.2) is 42.5 Å². The number of nitrogens with zero attached hydrogens (tertiary/aromatic N) is 1. The maximum absolute atomic E-state index is 12.3. The number of hydrogen-bond acceptors (Lipinski definition) is 4. The van der Waals surface area contributed by atoms with Gasteiger partial charge in [-0.15, -0.1) is 0 Å². The smallest absolute Gasteiger partial charge is 0.242 e. The van der Waals surface area contributed by atoms with Crippen molar-refractivity contribution in [3.05, 3.63) is 59.2 Å². The fourth-order valence-electron chi connectivity index (χ4n) is 3.27. The molecule has 1 amide bonds. The third-order valence-corrected chi connectivity index (χ3v) is 4.77. The van der Waals surface area contributed by atoms with Crippen molar-refractivity contribution in [1.82, 2.24) is 4.90 Å². The highest BCUT2D eigenvalue weighted by atomic mass is 16.5. The average molecular weight is 340 g/mol. The molecule has 1 saturated heterocycles. The van der Waals surface area contributed by atoms with Crippen LogP contribution in [0.1, 0.15) is 29.7 Å². The van der Waals surface area contributed by atoms with Crippen molar-refractivity contribution < 1.29 is 14.3 Å². The van der Waals surface area contributed by atoms with E-state index < -0.39 is 6.04 Å². The second-order valence-electron chi connectivity index (χ2n) is 6.22. The molecular weight excluding hydrogens is 316 g/mol. The molecule has 1 aliphatic heterocycles. The van der Waals surface area contributed by atoms with Crippen LogP contribution in [-0.4, -0.2) is 31.1 Å². The molecule has 0 aliphatic carbocycles. The number of likely N-dealkylation sites (tertiary alicyclic amines) is 1. The summed E-state index contributed by atoms with van der Waals surface area (Å²) in [5.74, 6) is 1.30. The lowest BCUT2D eigenvalue weighted by atomic mass is 9.88. The molecular formula is C20H24N2O3. The fourth-order valence-corrected chi connectivity index (χ4v) is 3.27. The number of benzene rings is 2. The number of methoxy groups -OCH3 is 2. The molecule has 0 aromatic heterocycles. The minimum absolute atomic E-state index is 0.0284. The van der Waals surface area contributed by atoms with Crippen molar-refractivity contribution in [2.24, 2.45) is 5.73 Å². The molecule has 5 heteroatoms. The first-order valence-corrected chi connectivity index (χ1v) is 8.44. The van der Waals surface area contributed by atoms with Crippen LogP contribution in [0.25, 0.3) is 0 Å².